The Morgan fingerprint density at radius 1 is 1.24 bits per heavy atom. The molecule has 1 aliphatic heterocycles. The van der Waals surface area contributed by atoms with Crippen LogP contribution < -0.4 is 15.3 Å². The Morgan fingerprint density at radius 2 is 1.91 bits per heavy atom. The van der Waals surface area contributed by atoms with Crippen molar-refractivity contribution in [2.45, 2.75) is 52.2 Å². The number of carbonyl (C=O) groups is 2. The summed E-state index contributed by atoms with van der Waals surface area (Å²) in [6.45, 7) is 9.12. The number of rotatable bonds is 5. The number of aldehydes is 1. The Kier molecular flexibility index (Phi) is 6.72. The summed E-state index contributed by atoms with van der Waals surface area (Å²) < 4.78 is 16.8. The summed E-state index contributed by atoms with van der Waals surface area (Å²) in [7, 11) is 1.66. The van der Waals surface area contributed by atoms with Crippen molar-refractivity contribution in [3.63, 3.8) is 0 Å². The van der Waals surface area contributed by atoms with E-state index < -0.39 is 17.0 Å². The first kappa shape index (κ1) is 25.2. The fraction of sp³-hybridized carbons (Fsp3) is 0.360. The Labute approximate surface area is 203 Å². The molecule has 0 radical (unpaired) electrons. The highest BCUT2D eigenvalue weighted by atomic mass is 35.5. The average Bonchev–Trinajstić information content (AvgIpc) is 2.89. The molecule has 1 fully saturated rings. The van der Waals surface area contributed by atoms with Gasteiger partial charge in [-0.15, -0.1) is 0 Å². The highest BCUT2D eigenvalue weighted by molar-refractivity contribution is 6.32. The molecule has 2 heterocycles. The summed E-state index contributed by atoms with van der Waals surface area (Å²) >= 11 is 6.24. The molecule has 0 N–H and O–H groups in total. The number of benzene rings is 1. The summed E-state index contributed by atoms with van der Waals surface area (Å²) in [5.74, 6) is -0.776. The molecule has 0 atom stereocenters. The van der Waals surface area contributed by atoms with Crippen LogP contribution in [0.5, 0.6) is 0 Å². The Balaban J connectivity index is 2.17. The fourth-order valence-electron chi connectivity index (χ4n) is 4.57. The van der Waals surface area contributed by atoms with Crippen molar-refractivity contribution < 1.29 is 14.0 Å². The zero-order valence-electron chi connectivity index (χ0n) is 20.1. The summed E-state index contributed by atoms with van der Waals surface area (Å²) in [4.78, 5) is 32.2. The highest BCUT2D eigenvalue weighted by Gasteiger charge is 2.57. The van der Waals surface area contributed by atoms with Crippen LogP contribution in [-0.4, -0.2) is 28.0 Å². The number of carbonyl (C=O) groups excluding carboxylic acids is 2. The molecule has 3 rings (SSSR count). The van der Waals surface area contributed by atoms with Gasteiger partial charge >= 0.3 is 0 Å². The molecular formula is C25H27ClFN5O2. The van der Waals surface area contributed by atoms with Crippen molar-refractivity contribution >= 4 is 35.2 Å². The molecule has 0 saturated carbocycles. The molecule has 1 amide bonds. The number of pyridine rings is 1. The van der Waals surface area contributed by atoms with Crippen LogP contribution >= 0.6 is 11.6 Å². The monoisotopic (exact) mass is 483 g/mol. The van der Waals surface area contributed by atoms with E-state index in [9.17, 15) is 14.9 Å². The number of nitrogens with zero attached hydrogens (tertiary/aromatic N) is 5. The minimum atomic E-state index is -1.02. The number of hydrogen-bond donors (Lipinski definition) is 0. The number of nitriles is 1. The topological polar surface area (TPSA) is 81.7 Å². The molecule has 9 heteroatoms. The molecule has 7 nitrogen and oxygen atoms in total. The Hall–Kier alpha value is -3.44. The molecule has 0 aliphatic carbocycles. The lowest BCUT2D eigenvalue weighted by Gasteiger charge is -2.42. The van der Waals surface area contributed by atoms with Crippen LogP contribution in [0, 0.1) is 17.1 Å². The molecular weight excluding hydrogens is 457 g/mol. The minimum absolute atomic E-state index is 0.0792. The maximum absolute atomic E-state index is 15.3. The third-order valence-corrected chi connectivity index (χ3v) is 6.30. The van der Waals surface area contributed by atoms with E-state index in [1.54, 1.807) is 50.2 Å². The standard InChI is InChI=1S/C25H27ClFN5O2/c1-7-17(10-11-33)29-22-21(27)13-19(15-30(22)6)32-24(2,3)23(34)31(25(32,4)5)18-9-8-16(14-28)20(26)12-18/h8-13,15H,7H2,1-6H3/b17-10-,29-22?. The van der Waals surface area contributed by atoms with Gasteiger partial charge in [-0.2, -0.15) is 5.26 Å². The average molecular weight is 484 g/mol. The van der Waals surface area contributed by atoms with E-state index in [0.717, 1.165) is 0 Å². The lowest BCUT2D eigenvalue weighted by molar-refractivity contribution is -0.120. The van der Waals surface area contributed by atoms with Crippen molar-refractivity contribution in [3.05, 3.63) is 64.1 Å². The van der Waals surface area contributed by atoms with E-state index in [2.05, 4.69) is 4.99 Å². The van der Waals surface area contributed by atoms with Crippen LogP contribution in [-0.2, 0) is 16.6 Å². The van der Waals surface area contributed by atoms with Crippen LogP contribution in [0.15, 0.2) is 47.2 Å². The van der Waals surface area contributed by atoms with Gasteiger partial charge in [-0.1, -0.05) is 18.5 Å². The molecule has 0 unspecified atom stereocenters. The molecule has 0 spiro atoms. The second kappa shape index (κ2) is 9.07. The minimum Gasteiger partial charge on any atom is -0.333 e. The molecule has 1 aromatic carbocycles. The zero-order chi connectivity index (χ0) is 25.4. The quantitative estimate of drug-likeness (QED) is 0.464. The van der Waals surface area contributed by atoms with Crippen LogP contribution in [0.2, 0.25) is 5.02 Å². The lowest BCUT2D eigenvalue weighted by atomic mass is 10.0. The first-order valence-corrected chi connectivity index (χ1v) is 11.2. The maximum Gasteiger partial charge on any atom is 0.254 e. The van der Waals surface area contributed by atoms with Gasteiger partial charge in [-0.25, -0.2) is 9.38 Å². The first-order chi connectivity index (χ1) is 15.9. The highest BCUT2D eigenvalue weighted by Crippen LogP contribution is 2.44. The molecule has 34 heavy (non-hydrogen) atoms. The number of halogens is 2. The second-order valence-electron chi connectivity index (χ2n) is 9.05. The Morgan fingerprint density at radius 3 is 2.44 bits per heavy atom. The molecule has 1 aliphatic rings. The fourth-order valence-corrected chi connectivity index (χ4v) is 4.79. The van der Waals surface area contributed by atoms with E-state index in [-0.39, 0.29) is 16.4 Å². The van der Waals surface area contributed by atoms with Crippen LogP contribution in [0.4, 0.5) is 15.8 Å². The SMILES string of the molecule is CC/C(=C/C=O)N=c1c(F)cc(N2C(C)(C)C(=O)N(c3ccc(C#N)c(Cl)c3)C2(C)C)cn1C. The van der Waals surface area contributed by atoms with Gasteiger partial charge in [0.15, 0.2) is 11.3 Å². The van der Waals surface area contributed by atoms with E-state index >= 15 is 4.39 Å². The van der Waals surface area contributed by atoms with Crippen molar-refractivity contribution in [2.24, 2.45) is 12.0 Å². The van der Waals surface area contributed by atoms with Gasteiger partial charge in [0.2, 0.25) is 0 Å². The summed E-state index contributed by atoms with van der Waals surface area (Å²) in [6.07, 6.45) is 4.11. The van der Waals surface area contributed by atoms with Gasteiger partial charge in [0.25, 0.3) is 5.91 Å². The van der Waals surface area contributed by atoms with Crippen molar-refractivity contribution in [1.29, 1.82) is 5.26 Å². The van der Waals surface area contributed by atoms with Crippen LogP contribution in [0.3, 0.4) is 0 Å². The second-order valence-corrected chi connectivity index (χ2v) is 9.45. The Bertz CT molecular complexity index is 1280. The van der Waals surface area contributed by atoms with Gasteiger partial charge in [-0.3, -0.25) is 14.5 Å². The predicted octanol–water partition coefficient (Wildman–Crippen LogP) is 4.45. The molecule has 1 aromatic heterocycles. The maximum atomic E-state index is 15.3. The largest absolute Gasteiger partial charge is 0.333 e. The number of amides is 1. The third-order valence-electron chi connectivity index (χ3n) is 5.99. The van der Waals surface area contributed by atoms with E-state index in [1.165, 1.54) is 16.7 Å². The van der Waals surface area contributed by atoms with Crippen LogP contribution in [0.1, 0.15) is 46.6 Å². The van der Waals surface area contributed by atoms with Gasteiger partial charge < -0.3 is 9.47 Å². The third kappa shape index (κ3) is 4.12. The lowest BCUT2D eigenvalue weighted by Crippen LogP contribution is -2.53. The van der Waals surface area contributed by atoms with Crippen molar-refractivity contribution in [2.75, 3.05) is 9.80 Å². The number of anilines is 2. The van der Waals surface area contributed by atoms with E-state index in [0.29, 0.717) is 35.3 Å². The predicted molar refractivity (Wildman–Crippen MR) is 130 cm³/mol. The first-order valence-electron chi connectivity index (χ1n) is 10.8. The van der Waals surface area contributed by atoms with Crippen molar-refractivity contribution in [3.8, 4) is 6.07 Å². The normalized spacial score (nSPS) is 17.8. The molecule has 2 aromatic rings. The molecule has 0 bridgehead atoms. The summed E-state index contributed by atoms with van der Waals surface area (Å²) in [5, 5.41) is 9.44. The van der Waals surface area contributed by atoms with E-state index in [4.69, 9.17) is 11.6 Å². The number of aromatic nitrogens is 1. The smallest absolute Gasteiger partial charge is 0.254 e. The van der Waals surface area contributed by atoms with Gasteiger partial charge in [0.1, 0.15) is 23.6 Å². The number of aryl methyl sites for hydroxylation is 1. The van der Waals surface area contributed by atoms with Gasteiger partial charge in [-0.05, 0) is 58.4 Å². The van der Waals surface area contributed by atoms with Crippen molar-refractivity contribution in [1.82, 2.24) is 4.57 Å². The molecule has 178 valence electrons. The zero-order valence-corrected chi connectivity index (χ0v) is 20.8. The summed E-state index contributed by atoms with van der Waals surface area (Å²) in [5.41, 5.74) is -0.0429. The van der Waals surface area contributed by atoms with Crippen LogP contribution in [0.25, 0.3) is 0 Å². The number of allylic oxidation sites excluding steroid dienone is 2. The van der Waals surface area contributed by atoms with E-state index in [1.807, 2.05) is 31.7 Å². The van der Waals surface area contributed by atoms with Gasteiger partial charge in [0, 0.05) is 30.7 Å². The summed E-state index contributed by atoms with van der Waals surface area (Å²) in [6, 6.07) is 8.21. The number of hydrogen-bond acceptors (Lipinski definition) is 5. The molecule has 1 saturated heterocycles. The van der Waals surface area contributed by atoms with Gasteiger partial charge in [0.05, 0.1) is 16.3 Å².